The number of hydrogen-bond acceptors (Lipinski definition) is 6. The van der Waals surface area contributed by atoms with Crippen LogP contribution in [0.1, 0.15) is 40.6 Å². The average molecular weight is 411 g/mol. The number of carbonyl (C=O) groups is 1. The lowest BCUT2D eigenvalue weighted by atomic mass is 9.88. The summed E-state index contributed by atoms with van der Waals surface area (Å²) < 4.78 is 1.08. The summed E-state index contributed by atoms with van der Waals surface area (Å²) in [6.07, 6.45) is 2.68. The van der Waals surface area contributed by atoms with E-state index in [-0.39, 0.29) is 0 Å². The van der Waals surface area contributed by atoms with Gasteiger partial charge in [-0.15, -0.1) is 22.7 Å². The Balaban J connectivity index is 1.91. The summed E-state index contributed by atoms with van der Waals surface area (Å²) in [7, 11) is 0. The Labute approximate surface area is 169 Å². The van der Waals surface area contributed by atoms with Gasteiger partial charge in [0.05, 0.1) is 15.7 Å². The number of pyridine rings is 1. The summed E-state index contributed by atoms with van der Waals surface area (Å²) in [5.74, 6) is -1.26. The number of aliphatic hydroxyl groups excluding tert-OH is 1. The molecule has 1 aliphatic rings. The maximum absolute atomic E-state index is 11.7. The Morgan fingerprint density at radius 3 is 2.89 bits per heavy atom. The van der Waals surface area contributed by atoms with Crippen LogP contribution in [0.3, 0.4) is 0 Å². The summed E-state index contributed by atoms with van der Waals surface area (Å²) >= 11 is 3.28. The van der Waals surface area contributed by atoms with Gasteiger partial charge in [-0.1, -0.05) is 6.07 Å². The van der Waals surface area contributed by atoms with Crippen molar-refractivity contribution in [2.45, 2.75) is 38.7 Å². The maximum atomic E-state index is 11.7. The van der Waals surface area contributed by atoms with E-state index in [0.29, 0.717) is 11.3 Å². The van der Waals surface area contributed by atoms with Gasteiger partial charge < -0.3 is 10.2 Å². The van der Waals surface area contributed by atoms with E-state index in [4.69, 9.17) is 4.98 Å². The molecule has 1 aromatic carbocycles. The SMILES string of the molecule is Cc1nc2sc3c(c2c(-c2ccc4scnc4c2)c1[C@H](O)C(=O)O)CCCC3. The molecule has 7 heteroatoms. The third kappa shape index (κ3) is 2.65. The smallest absolute Gasteiger partial charge is 0.337 e. The molecule has 3 aromatic heterocycles. The Bertz CT molecular complexity index is 1240. The normalized spacial score (nSPS) is 15.1. The highest BCUT2D eigenvalue weighted by molar-refractivity contribution is 7.19. The van der Waals surface area contributed by atoms with Gasteiger partial charge in [0.2, 0.25) is 0 Å². The molecule has 0 fully saturated rings. The fourth-order valence-corrected chi connectivity index (χ4v) is 6.16. The number of thiophene rings is 1. The lowest BCUT2D eigenvalue weighted by Crippen LogP contribution is -2.14. The van der Waals surface area contributed by atoms with E-state index in [2.05, 4.69) is 4.98 Å². The molecule has 0 spiro atoms. The Morgan fingerprint density at radius 1 is 1.25 bits per heavy atom. The van der Waals surface area contributed by atoms with Crippen LogP contribution in [0, 0.1) is 6.92 Å². The topological polar surface area (TPSA) is 83.3 Å². The van der Waals surface area contributed by atoms with Crippen LogP contribution < -0.4 is 0 Å². The molecule has 3 heterocycles. The summed E-state index contributed by atoms with van der Waals surface area (Å²) in [6.45, 7) is 1.78. The van der Waals surface area contributed by atoms with Gasteiger partial charge in [-0.25, -0.2) is 14.8 Å². The summed E-state index contributed by atoms with van der Waals surface area (Å²) in [4.78, 5) is 23.1. The van der Waals surface area contributed by atoms with Crippen LogP contribution in [0.2, 0.25) is 0 Å². The van der Waals surface area contributed by atoms with Crippen molar-refractivity contribution in [1.82, 2.24) is 9.97 Å². The summed E-state index contributed by atoms with van der Waals surface area (Å²) in [5, 5.41) is 21.1. The van der Waals surface area contributed by atoms with Crippen LogP contribution in [-0.4, -0.2) is 26.2 Å². The van der Waals surface area contributed by atoms with E-state index in [9.17, 15) is 15.0 Å². The first-order valence-corrected chi connectivity index (χ1v) is 10.9. The van der Waals surface area contributed by atoms with Crippen LogP contribution >= 0.6 is 22.7 Å². The van der Waals surface area contributed by atoms with Crippen molar-refractivity contribution in [1.29, 1.82) is 0 Å². The van der Waals surface area contributed by atoms with Gasteiger partial charge in [0.1, 0.15) is 4.83 Å². The van der Waals surface area contributed by atoms with E-state index in [0.717, 1.165) is 50.8 Å². The van der Waals surface area contributed by atoms with Crippen molar-refractivity contribution in [3.05, 3.63) is 45.4 Å². The van der Waals surface area contributed by atoms with Crippen molar-refractivity contribution in [3.63, 3.8) is 0 Å². The third-order valence-corrected chi connectivity index (χ3v) is 7.45. The molecule has 5 nitrogen and oxygen atoms in total. The minimum absolute atomic E-state index is 0.390. The minimum Gasteiger partial charge on any atom is -0.479 e. The fraction of sp³-hybridized carbons (Fsp3) is 0.286. The highest BCUT2D eigenvalue weighted by atomic mass is 32.1. The van der Waals surface area contributed by atoms with Crippen LogP contribution in [0.15, 0.2) is 23.7 Å². The summed E-state index contributed by atoms with van der Waals surface area (Å²) in [6, 6.07) is 6.00. The zero-order chi connectivity index (χ0) is 19.4. The zero-order valence-corrected chi connectivity index (χ0v) is 16.9. The number of aromatic nitrogens is 2. The van der Waals surface area contributed by atoms with E-state index < -0.39 is 12.1 Å². The zero-order valence-electron chi connectivity index (χ0n) is 15.2. The van der Waals surface area contributed by atoms with Gasteiger partial charge >= 0.3 is 5.97 Å². The Hall–Kier alpha value is -2.35. The van der Waals surface area contributed by atoms with Gasteiger partial charge in [-0.05, 0) is 55.9 Å². The molecule has 1 atom stereocenters. The Morgan fingerprint density at radius 2 is 2.07 bits per heavy atom. The number of aryl methyl sites for hydroxylation is 3. The predicted octanol–water partition coefficient (Wildman–Crippen LogP) is 4.88. The van der Waals surface area contributed by atoms with Gasteiger partial charge in [-0.2, -0.15) is 0 Å². The second kappa shape index (κ2) is 6.62. The standard InChI is InChI=1S/C21H18N2O3S2/c1-10-16(19(24)21(25)26)17(11-6-7-15-13(8-11)22-9-27-15)18-12-4-2-3-5-14(12)28-20(18)23-10/h6-9,19,24H,2-5H2,1H3,(H,25,26)/t19-/m0/s1. The molecule has 0 aliphatic heterocycles. The molecule has 1 aliphatic carbocycles. The number of aliphatic hydroxyl groups is 1. The molecule has 0 saturated heterocycles. The number of aliphatic carboxylic acids is 1. The van der Waals surface area contributed by atoms with Crippen LogP contribution in [0.4, 0.5) is 0 Å². The van der Waals surface area contributed by atoms with Gasteiger partial charge in [0.15, 0.2) is 6.10 Å². The number of thiazole rings is 1. The number of benzene rings is 1. The monoisotopic (exact) mass is 410 g/mol. The highest BCUT2D eigenvalue weighted by Gasteiger charge is 2.29. The molecule has 0 amide bonds. The van der Waals surface area contributed by atoms with Crippen LogP contribution in [-0.2, 0) is 17.6 Å². The maximum Gasteiger partial charge on any atom is 0.337 e. The molecule has 0 radical (unpaired) electrons. The molecule has 4 aromatic rings. The second-order valence-corrected chi connectivity index (χ2v) is 9.12. The molecule has 2 N–H and O–H groups in total. The molecular weight excluding hydrogens is 392 g/mol. The van der Waals surface area contributed by atoms with E-state index in [1.165, 1.54) is 16.9 Å². The average Bonchev–Trinajstić information content (AvgIpc) is 3.29. The number of fused-ring (bicyclic) bond motifs is 4. The van der Waals surface area contributed by atoms with E-state index in [1.54, 1.807) is 35.1 Å². The van der Waals surface area contributed by atoms with Crippen LogP contribution in [0.25, 0.3) is 31.6 Å². The third-order valence-electron chi connectivity index (χ3n) is 5.46. The van der Waals surface area contributed by atoms with Crippen molar-refractivity contribution in [2.75, 3.05) is 0 Å². The lowest BCUT2D eigenvalue weighted by Gasteiger charge is -2.18. The molecule has 0 unspecified atom stereocenters. The number of hydrogen-bond donors (Lipinski definition) is 2. The molecule has 0 saturated carbocycles. The second-order valence-electron chi connectivity index (χ2n) is 7.15. The lowest BCUT2D eigenvalue weighted by molar-refractivity contribution is -0.146. The molecule has 0 bridgehead atoms. The number of carboxylic acids is 1. The molecule has 5 rings (SSSR count). The van der Waals surface area contributed by atoms with Crippen molar-refractivity contribution in [2.24, 2.45) is 0 Å². The molecular formula is C21H18N2O3S2. The molecule has 142 valence electrons. The minimum atomic E-state index is -1.61. The first kappa shape index (κ1) is 17.7. The first-order valence-electron chi connectivity index (χ1n) is 9.24. The number of nitrogens with zero attached hydrogens (tertiary/aromatic N) is 2. The molecule has 28 heavy (non-hydrogen) atoms. The van der Waals surface area contributed by atoms with Crippen LogP contribution in [0.5, 0.6) is 0 Å². The predicted molar refractivity (Wildman–Crippen MR) is 112 cm³/mol. The van der Waals surface area contributed by atoms with Gasteiger partial charge in [0.25, 0.3) is 0 Å². The Kier molecular flexibility index (Phi) is 4.19. The van der Waals surface area contributed by atoms with E-state index >= 15 is 0 Å². The number of rotatable bonds is 3. The largest absolute Gasteiger partial charge is 0.479 e. The first-order chi connectivity index (χ1) is 13.5. The van der Waals surface area contributed by atoms with Gasteiger partial charge in [0, 0.05) is 27.1 Å². The fourth-order valence-electron chi connectivity index (χ4n) is 4.19. The summed E-state index contributed by atoms with van der Waals surface area (Å²) in [5.41, 5.74) is 6.59. The van der Waals surface area contributed by atoms with Gasteiger partial charge in [-0.3, -0.25) is 0 Å². The quantitative estimate of drug-likeness (QED) is 0.503. The van der Waals surface area contributed by atoms with E-state index in [1.807, 2.05) is 18.2 Å². The highest BCUT2D eigenvalue weighted by Crippen LogP contribution is 2.45. The number of carboxylic acid groups (broad SMARTS) is 1. The van der Waals surface area contributed by atoms with Crippen molar-refractivity contribution < 1.29 is 15.0 Å². The van der Waals surface area contributed by atoms with Crippen molar-refractivity contribution in [3.8, 4) is 11.1 Å². The van der Waals surface area contributed by atoms with Crippen molar-refractivity contribution >= 4 is 49.1 Å².